The van der Waals surface area contributed by atoms with Crippen molar-refractivity contribution in [3.05, 3.63) is 41.7 Å². The molecule has 0 saturated heterocycles. The van der Waals surface area contributed by atoms with E-state index in [1.165, 1.54) is 13.0 Å². The lowest BCUT2D eigenvalue weighted by molar-refractivity contribution is -0.114. The van der Waals surface area contributed by atoms with Crippen molar-refractivity contribution in [1.82, 2.24) is 10.2 Å². The van der Waals surface area contributed by atoms with E-state index in [1.807, 2.05) is 14.1 Å². The van der Waals surface area contributed by atoms with Crippen molar-refractivity contribution in [2.24, 2.45) is 0 Å². The van der Waals surface area contributed by atoms with Gasteiger partial charge in [0.1, 0.15) is 5.82 Å². The van der Waals surface area contributed by atoms with Crippen LogP contribution in [-0.2, 0) is 4.79 Å². The number of rotatable bonds is 4. The monoisotopic (exact) mass is 317 g/mol. The second-order valence-corrected chi connectivity index (χ2v) is 5.00. The van der Waals surface area contributed by atoms with E-state index in [2.05, 4.69) is 20.8 Å². The fourth-order valence-electron chi connectivity index (χ4n) is 1.82. The van der Waals surface area contributed by atoms with Gasteiger partial charge in [0.15, 0.2) is 11.6 Å². The van der Waals surface area contributed by atoms with Crippen LogP contribution in [0.25, 0.3) is 0 Å². The van der Waals surface area contributed by atoms with Gasteiger partial charge in [0.25, 0.3) is 5.91 Å². The van der Waals surface area contributed by atoms with E-state index in [1.54, 1.807) is 17.0 Å². The summed E-state index contributed by atoms with van der Waals surface area (Å²) in [5.41, 5.74) is 0.216. The van der Waals surface area contributed by atoms with Crippen LogP contribution in [0.3, 0.4) is 0 Å². The Bertz CT molecular complexity index is 731. The van der Waals surface area contributed by atoms with Crippen LogP contribution in [0.4, 0.5) is 21.7 Å². The lowest BCUT2D eigenvalue weighted by atomic mass is 10.1. The second kappa shape index (κ2) is 6.82. The van der Waals surface area contributed by atoms with Gasteiger partial charge in [-0.05, 0) is 30.3 Å². The Hall–Kier alpha value is -3.03. The molecule has 23 heavy (non-hydrogen) atoms. The maximum Gasteiger partial charge on any atom is 0.258 e. The summed E-state index contributed by atoms with van der Waals surface area (Å²) in [6, 6.07) is 6.81. The third-order valence-electron chi connectivity index (χ3n) is 2.89. The predicted octanol–water partition coefficient (Wildman–Crippen LogP) is 1.89. The van der Waals surface area contributed by atoms with Crippen LogP contribution in [-0.4, -0.2) is 36.1 Å². The van der Waals surface area contributed by atoms with E-state index < -0.39 is 17.6 Å². The standard InChI is InChI=1S/C15H16FN5O2/c1-9(22)17-12-8-10(16)4-5-11(12)15(23)18-13-6-7-14(20-19-13)21(2)3/h4-8H,1-3H3,(H,17,22)(H,18,19,23). The van der Waals surface area contributed by atoms with Gasteiger partial charge in [-0.2, -0.15) is 0 Å². The first-order valence-corrected chi connectivity index (χ1v) is 6.76. The van der Waals surface area contributed by atoms with Crippen LogP contribution in [0, 0.1) is 5.82 Å². The number of nitrogens with one attached hydrogen (secondary N) is 2. The molecule has 7 nitrogen and oxygen atoms in total. The minimum Gasteiger partial charge on any atom is -0.361 e. The van der Waals surface area contributed by atoms with Crippen molar-refractivity contribution in [2.45, 2.75) is 6.92 Å². The summed E-state index contributed by atoms with van der Waals surface area (Å²) in [6.07, 6.45) is 0. The fraction of sp³-hybridized carbons (Fsp3) is 0.200. The summed E-state index contributed by atoms with van der Waals surface area (Å²) in [5.74, 6) is -0.594. The molecule has 2 aromatic rings. The fourth-order valence-corrected chi connectivity index (χ4v) is 1.82. The summed E-state index contributed by atoms with van der Waals surface area (Å²) in [4.78, 5) is 25.2. The normalized spacial score (nSPS) is 10.1. The van der Waals surface area contributed by atoms with Gasteiger partial charge in [-0.3, -0.25) is 9.59 Å². The van der Waals surface area contributed by atoms with Gasteiger partial charge < -0.3 is 15.5 Å². The summed E-state index contributed by atoms with van der Waals surface area (Å²) < 4.78 is 13.3. The van der Waals surface area contributed by atoms with E-state index in [4.69, 9.17) is 0 Å². The van der Waals surface area contributed by atoms with Gasteiger partial charge in [-0.15, -0.1) is 10.2 Å². The number of amides is 2. The highest BCUT2D eigenvalue weighted by molar-refractivity contribution is 6.09. The molecule has 1 aromatic carbocycles. The first-order chi connectivity index (χ1) is 10.9. The Morgan fingerprint density at radius 2 is 1.83 bits per heavy atom. The molecule has 0 bridgehead atoms. The molecule has 0 spiro atoms. The molecule has 0 unspecified atom stereocenters. The third kappa shape index (κ3) is 4.22. The van der Waals surface area contributed by atoms with Crippen LogP contribution in [0.2, 0.25) is 0 Å². The van der Waals surface area contributed by atoms with Crippen molar-refractivity contribution >= 4 is 29.1 Å². The Morgan fingerprint density at radius 1 is 1.09 bits per heavy atom. The van der Waals surface area contributed by atoms with Crippen molar-refractivity contribution in [1.29, 1.82) is 0 Å². The maximum absolute atomic E-state index is 13.3. The van der Waals surface area contributed by atoms with Crippen LogP contribution in [0.5, 0.6) is 0 Å². The number of benzene rings is 1. The third-order valence-corrected chi connectivity index (χ3v) is 2.89. The molecule has 2 N–H and O–H groups in total. The van der Waals surface area contributed by atoms with Crippen LogP contribution in [0.15, 0.2) is 30.3 Å². The van der Waals surface area contributed by atoms with Crippen LogP contribution < -0.4 is 15.5 Å². The van der Waals surface area contributed by atoms with Gasteiger partial charge in [0, 0.05) is 21.0 Å². The quantitative estimate of drug-likeness (QED) is 0.899. The number of hydrogen-bond acceptors (Lipinski definition) is 5. The topological polar surface area (TPSA) is 87.2 Å². The van der Waals surface area contributed by atoms with Crippen molar-refractivity contribution in [3.63, 3.8) is 0 Å². The predicted molar refractivity (Wildman–Crippen MR) is 85.0 cm³/mol. The molecule has 2 rings (SSSR count). The molecule has 8 heteroatoms. The molecule has 2 amide bonds. The number of nitrogens with zero attached hydrogens (tertiary/aromatic N) is 3. The molecular formula is C15H16FN5O2. The lowest BCUT2D eigenvalue weighted by Gasteiger charge is -2.12. The zero-order valence-corrected chi connectivity index (χ0v) is 12.9. The van der Waals surface area contributed by atoms with Gasteiger partial charge in [-0.1, -0.05) is 0 Å². The van der Waals surface area contributed by atoms with E-state index in [0.29, 0.717) is 5.82 Å². The Morgan fingerprint density at radius 3 is 2.39 bits per heavy atom. The SMILES string of the molecule is CC(=O)Nc1cc(F)ccc1C(=O)Nc1ccc(N(C)C)nn1. The molecule has 0 saturated carbocycles. The zero-order chi connectivity index (χ0) is 17.0. The molecule has 1 heterocycles. The molecule has 0 atom stereocenters. The first kappa shape index (κ1) is 16.3. The molecule has 0 aliphatic rings. The largest absolute Gasteiger partial charge is 0.361 e. The lowest BCUT2D eigenvalue weighted by Crippen LogP contribution is -2.18. The Kier molecular flexibility index (Phi) is 4.85. The number of halogens is 1. The molecule has 0 aliphatic heterocycles. The first-order valence-electron chi connectivity index (χ1n) is 6.76. The highest BCUT2D eigenvalue weighted by Gasteiger charge is 2.14. The minimum atomic E-state index is -0.555. The van der Waals surface area contributed by atoms with Gasteiger partial charge >= 0.3 is 0 Å². The molecule has 0 aliphatic carbocycles. The summed E-state index contributed by atoms with van der Waals surface area (Å²) in [6.45, 7) is 1.28. The number of anilines is 3. The van der Waals surface area contributed by atoms with E-state index in [9.17, 15) is 14.0 Å². The molecule has 0 fully saturated rings. The minimum absolute atomic E-state index is 0.0906. The van der Waals surface area contributed by atoms with Gasteiger partial charge in [0.05, 0.1) is 11.3 Å². The van der Waals surface area contributed by atoms with Gasteiger partial charge in [0.2, 0.25) is 5.91 Å². The van der Waals surface area contributed by atoms with Crippen molar-refractivity contribution in [2.75, 3.05) is 29.6 Å². The van der Waals surface area contributed by atoms with Gasteiger partial charge in [-0.25, -0.2) is 4.39 Å². The summed E-state index contributed by atoms with van der Waals surface area (Å²) >= 11 is 0. The average Bonchev–Trinajstić information content (AvgIpc) is 2.47. The number of aromatic nitrogens is 2. The average molecular weight is 317 g/mol. The number of carbonyl (C=O) groups excluding carboxylic acids is 2. The summed E-state index contributed by atoms with van der Waals surface area (Å²) in [5, 5.41) is 12.8. The van der Waals surface area contributed by atoms with Crippen LogP contribution >= 0.6 is 0 Å². The Balaban J connectivity index is 2.21. The second-order valence-electron chi connectivity index (χ2n) is 5.00. The zero-order valence-electron chi connectivity index (χ0n) is 12.9. The van der Waals surface area contributed by atoms with Crippen molar-refractivity contribution < 1.29 is 14.0 Å². The van der Waals surface area contributed by atoms with E-state index in [0.717, 1.165) is 12.1 Å². The highest BCUT2D eigenvalue weighted by Crippen LogP contribution is 2.19. The molecule has 0 radical (unpaired) electrons. The maximum atomic E-state index is 13.3. The molecule has 1 aromatic heterocycles. The number of carbonyl (C=O) groups is 2. The van der Waals surface area contributed by atoms with E-state index in [-0.39, 0.29) is 17.1 Å². The number of hydrogen-bond donors (Lipinski definition) is 2. The molecule has 120 valence electrons. The molecular weight excluding hydrogens is 301 g/mol. The smallest absolute Gasteiger partial charge is 0.258 e. The summed E-state index contributed by atoms with van der Waals surface area (Å²) in [7, 11) is 3.64. The van der Waals surface area contributed by atoms with Crippen LogP contribution in [0.1, 0.15) is 17.3 Å². The Labute approximate surface area is 132 Å². The highest BCUT2D eigenvalue weighted by atomic mass is 19.1. The van der Waals surface area contributed by atoms with E-state index >= 15 is 0 Å². The van der Waals surface area contributed by atoms with Crippen molar-refractivity contribution in [3.8, 4) is 0 Å².